The first-order chi connectivity index (χ1) is 9.24. The summed E-state index contributed by atoms with van der Waals surface area (Å²) in [6.07, 6.45) is 5.65. The SMILES string of the molecule is CNC(CSC1CCCC1)c1ccc(OC)cc1C. The fraction of sp³-hybridized carbons (Fsp3) is 0.625. The van der Waals surface area contributed by atoms with Gasteiger partial charge >= 0.3 is 0 Å². The maximum Gasteiger partial charge on any atom is 0.119 e. The van der Waals surface area contributed by atoms with Gasteiger partial charge in [-0.1, -0.05) is 18.9 Å². The topological polar surface area (TPSA) is 21.3 Å². The first-order valence-electron chi connectivity index (χ1n) is 7.18. The van der Waals surface area contributed by atoms with E-state index in [1.54, 1.807) is 7.11 Å². The van der Waals surface area contributed by atoms with Gasteiger partial charge in [0.2, 0.25) is 0 Å². The van der Waals surface area contributed by atoms with E-state index < -0.39 is 0 Å². The number of rotatable bonds is 6. The van der Waals surface area contributed by atoms with Gasteiger partial charge in [-0.25, -0.2) is 0 Å². The van der Waals surface area contributed by atoms with Crippen molar-refractivity contribution in [1.29, 1.82) is 0 Å². The summed E-state index contributed by atoms with van der Waals surface area (Å²) in [4.78, 5) is 0. The van der Waals surface area contributed by atoms with Crippen LogP contribution in [-0.4, -0.2) is 25.2 Å². The molecule has 2 nitrogen and oxygen atoms in total. The Kier molecular flexibility index (Phi) is 5.59. The Labute approximate surface area is 121 Å². The number of nitrogens with one attached hydrogen (secondary N) is 1. The van der Waals surface area contributed by atoms with E-state index in [1.165, 1.54) is 36.8 Å². The molecule has 1 unspecified atom stereocenters. The maximum atomic E-state index is 5.28. The Hall–Kier alpha value is -0.670. The van der Waals surface area contributed by atoms with Crippen LogP contribution >= 0.6 is 11.8 Å². The van der Waals surface area contributed by atoms with Crippen molar-refractivity contribution in [2.24, 2.45) is 0 Å². The number of aryl methyl sites for hydroxylation is 1. The van der Waals surface area contributed by atoms with Gasteiger partial charge in [0.15, 0.2) is 0 Å². The zero-order valence-corrected chi connectivity index (χ0v) is 13.1. The molecule has 1 aliphatic carbocycles. The second-order valence-electron chi connectivity index (χ2n) is 5.30. The second-order valence-corrected chi connectivity index (χ2v) is 6.64. The minimum absolute atomic E-state index is 0.441. The summed E-state index contributed by atoms with van der Waals surface area (Å²) < 4.78 is 5.28. The summed E-state index contributed by atoms with van der Waals surface area (Å²) in [5.41, 5.74) is 2.71. The van der Waals surface area contributed by atoms with Gasteiger partial charge in [0, 0.05) is 17.0 Å². The summed E-state index contributed by atoms with van der Waals surface area (Å²) in [6, 6.07) is 6.83. The van der Waals surface area contributed by atoms with E-state index in [-0.39, 0.29) is 0 Å². The normalized spacial score (nSPS) is 17.6. The van der Waals surface area contributed by atoms with Crippen molar-refractivity contribution in [3.63, 3.8) is 0 Å². The average Bonchev–Trinajstić information content (AvgIpc) is 2.94. The zero-order chi connectivity index (χ0) is 13.7. The number of thioether (sulfide) groups is 1. The first-order valence-corrected chi connectivity index (χ1v) is 8.23. The van der Waals surface area contributed by atoms with Gasteiger partial charge in [0.25, 0.3) is 0 Å². The molecule has 2 rings (SSSR count). The number of hydrogen-bond donors (Lipinski definition) is 1. The lowest BCUT2D eigenvalue weighted by Gasteiger charge is -2.21. The molecule has 1 aliphatic rings. The van der Waals surface area contributed by atoms with Gasteiger partial charge in [-0.2, -0.15) is 11.8 Å². The third-order valence-corrected chi connectivity index (χ3v) is 5.47. The minimum atomic E-state index is 0.441. The minimum Gasteiger partial charge on any atom is -0.497 e. The molecule has 1 fully saturated rings. The Morgan fingerprint density at radius 2 is 2.11 bits per heavy atom. The highest BCUT2D eigenvalue weighted by atomic mass is 32.2. The molecule has 0 saturated heterocycles. The molecule has 0 radical (unpaired) electrons. The second kappa shape index (κ2) is 7.20. The van der Waals surface area contributed by atoms with Crippen molar-refractivity contribution in [1.82, 2.24) is 5.32 Å². The summed E-state index contributed by atoms with van der Waals surface area (Å²) in [5, 5.41) is 4.34. The van der Waals surface area contributed by atoms with Crippen molar-refractivity contribution in [3.8, 4) is 5.75 Å². The highest BCUT2D eigenvalue weighted by Gasteiger charge is 2.19. The monoisotopic (exact) mass is 279 g/mol. The van der Waals surface area contributed by atoms with Crippen LogP contribution in [0.4, 0.5) is 0 Å². The number of ether oxygens (including phenoxy) is 1. The molecule has 3 heteroatoms. The molecule has 106 valence electrons. The fourth-order valence-corrected chi connectivity index (χ4v) is 4.26. The van der Waals surface area contributed by atoms with Crippen LogP contribution in [0.3, 0.4) is 0 Å². The molecule has 0 aromatic heterocycles. The molecule has 0 heterocycles. The van der Waals surface area contributed by atoms with E-state index in [0.29, 0.717) is 6.04 Å². The number of benzene rings is 1. The predicted molar refractivity (Wildman–Crippen MR) is 84.2 cm³/mol. The standard InChI is InChI=1S/C16H25NOS/c1-12-10-13(18-3)8-9-15(12)16(17-2)11-19-14-6-4-5-7-14/h8-10,14,16-17H,4-7,11H2,1-3H3. The van der Waals surface area contributed by atoms with Gasteiger partial charge in [-0.15, -0.1) is 0 Å². The van der Waals surface area contributed by atoms with Gasteiger partial charge in [-0.05, 0) is 50.1 Å². The summed E-state index contributed by atoms with van der Waals surface area (Å²) in [6.45, 7) is 2.17. The average molecular weight is 279 g/mol. The molecule has 1 aromatic rings. The largest absolute Gasteiger partial charge is 0.497 e. The van der Waals surface area contributed by atoms with Crippen molar-refractivity contribution in [3.05, 3.63) is 29.3 Å². The van der Waals surface area contributed by atoms with Gasteiger partial charge in [0.05, 0.1) is 7.11 Å². The Morgan fingerprint density at radius 3 is 2.68 bits per heavy atom. The van der Waals surface area contributed by atoms with Crippen LogP contribution in [0, 0.1) is 6.92 Å². The van der Waals surface area contributed by atoms with Crippen LogP contribution < -0.4 is 10.1 Å². The van der Waals surface area contributed by atoms with Gasteiger partial charge < -0.3 is 10.1 Å². The van der Waals surface area contributed by atoms with Crippen LogP contribution in [0.5, 0.6) is 5.75 Å². The predicted octanol–water partition coefficient (Wildman–Crippen LogP) is 3.94. The number of methoxy groups -OCH3 is 1. The number of hydrogen-bond acceptors (Lipinski definition) is 3. The summed E-state index contributed by atoms with van der Waals surface area (Å²) in [5.74, 6) is 2.11. The van der Waals surface area contributed by atoms with Crippen LogP contribution in [0.2, 0.25) is 0 Å². The highest BCUT2D eigenvalue weighted by molar-refractivity contribution is 7.99. The van der Waals surface area contributed by atoms with Crippen molar-refractivity contribution >= 4 is 11.8 Å². The van der Waals surface area contributed by atoms with E-state index >= 15 is 0 Å². The van der Waals surface area contributed by atoms with Crippen LogP contribution in [-0.2, 0) is 0 Å². The fourth-order valence-electron chi connectivity index (χ4n) is 2.78. The molecule has 0 aliphatic heterocycles. The van der Waals surface area contributed by atoms with E-state index in [4.69, 9.17) is 4.74 Å². The highest BCUT2D eigenvalue weighted by Crippen LogP contribution is 2.33. The van der Waals surface area contributed by atoms with Crippen LogP contribution in [0.1, 0.15) is 42.9 Å². The third-order valence-electron chi connectivity index (χ3n) is 4.00. The van der Waals surface area contributed by atoms with E-state index in [1.807, 2.05) is 0 Å². The zero-order valence-electron chi connectivity index (χ0n) is 12.2. The van der Waals surface area contributed by atoms with Crippen molar-refractivity contribution in [2.45, 2.75) is 43.9 Å². The van der Waals surface area contributed by atoms with Crippen LogP contribution in [0.15, 0.2) is 18.2 Å². The van der Waals surface area contributed by atoms with E-state index in [0.717, 1.165) is 16.8 Å². The van der Waals surface area contributed by atoms with Crippen molar-refractivity contribution in [2.75, 3.05) is 19.9 Å². The third kappa shape index (κ3) is 3.90. The lowest BCUT2D eigenvalue weighted by atomic mass is 10.0. The summed E-state index contributed by atoms with van der Waals surface area (Å²) in [7, 11) is 3.78. The molecule has 1 saturated carbocycles. The lowest BCUT2D eigenvalue weighted by Crippen LogP contribution is -2.20. The van der Waals surface area contributed by atoms with E-state index in [2.05, 4.69) is 49.2 Å². The van der Waals surface area contributed by atoms with E-state index in [9.17, 15) is 0 Å². The molecule has 0 amide bonds. The molecule has 0 spiro atoms. The van der Waals surface area contributed by atoms with Gasteiger partial charge in [-0.3, -0.25) is 0 Å². The molecule has 1 atom stereocenters. The summed E-state index contributed by atoms with van der Waals surface area (Å²) >= 11 is 2.14. The maximum absolute atomic E-state index is 5.28. The Balaban J connectivity index is 1.99. The quantitative estimate of drug-likeness (QED) is 0.852. The molecule has 1 aromatic carbocycles. The smallest absolute Gasteiger partial charge is 0.119 e. The Morgan fingerprint density at radius 1 is 1.37 bits per heavy atom. The molecular weight excluding hydrogens is 254 g/mol. The molecule has 0 bridgehead atoms. The van der Waals surface area contributed by atoms with Crippen molar-refractivity contribution < 1.29 is 4.74 Å². The Bertz CT molecular complexity index is 402. The molecule has 19 heavy (non-hydrogen) atoms. The van der Waals surface area contributed by atoms with Crippen LogP contribution in [0.25, 0.3) is 0 Å². The first kappa shape index (κ1) is 14.7. The lowest BCUT2D eigenvalue weighted by molar-refractivity contribution is 0.414. The molecule has 1 N–H and O–H groups in total. The molecular formula is C16H25NOS. The van der Waals surface area contributed by atoms with Gasteiger partial charge in [0.1, 0.15) is 5.75 Å².